The van der Waals surface area contributed by atoms with Gasteiger partial charge in [-0.25, -0.2) is 0 Å². The van der Waals surface area contributed by atoms with Crippen LogP contribution in [0.2, 0.25) is 0 Å². The largest absolute Gasteiger partial charge is 0.383 e. The van der Waals surface area contributed by atoms with Crippen molar-refractivity contribution in [2.75, 3.05) is 40.5 Å². The SMILES string of the molecule is COCCN(CCOC)C(=O)C(=O)NCc1cccc(CN)c1. The van der Waals surface area contributed by atoms with E-state index in [4.69, 9.17) is 15.2 Å². The van der Waals surface area contributed by atoms with E-state index in [0.717, 1.165) is 11.1 Å². The maximum Gasteiger partial charge on any atom is 0.312 e. The Hall–Kier alpha value is -1.96. The summed E-state index contributed by atoms with van der Waals surface area (Å²) in [4.78, 5) is 25.6. The molecule has 0 aromatic heterocycles. The van der Waals surface area contributed by atoms with Crippen molar-refractivity contribution in [2.24, 2.45) is 5.73 Å². The van der Waals surface area contributed by atoms with Crippen LogP contribution in [0.4, 0.5) is 0 Å². The molecule has 0 saturated heterocycles. The summed E-state index contributed by atoms with van der Waals surface area (Å²) in [5.41, 5.74) is 7.46. The lowest BCUT2D eigenvalue weighted by molar-refractivity contribution is -0.146. The van der Waals surface area contributed by atoms with Crippen molar-refractivity contribution in [1.82, 2.24) is 10.2 Å². The smallest absolute Gasteiger partial charge is 0.312 e. The van der Waals surface area contributed by atoms with Crippen LogP contribution in [0, 0.1) is 0 Å². The van der Waals surface area contributed by atoms with Gasteiger partial charge in [-0.05, 0) is 11.1 Å². The van der Waals surface area contributed by atoms with Gasteiger partial charge in [-0.3, -0.25) is 9.59 Å². The molecule has 7 heteroatoms. The van der Waals surface area contributed by atoms with Gasteiger partial charge >= 0.3 is 11.8 Å². The molecule has 128 valence electrons. The van der Waals surface area contributed by atoms with Gasteiger partial charge in [0.05, 0.1) is 13.2 Å². The molecule has 0 radical (unpaired) electrons. The number of rotatable bonds is 9. The van der Waals surface area contributed by atoms with Crippen LogP contribution in [0.25, 0.3) is 0 Å². The van der Waals surface area contributed by atoms with E-state index in [-0.39, 0.29) is 6.54 Å². The minimum Gasteiger partial charge on any atom is -0.383 e. The topological polar surface area (TPSA) is 93.9 Å². The second-order valence-corrected chi connectivity index (χ2v) is 4.98. The van der Waals surface area contributed by atoms with Crippen molar-refractivity contribution in [1.29, 1.82) is 0 Å². The van der Waals surface area contributed by atoms with Gasteiger partial charge in [0.1, 0.15) is 0 Å². The lowest BCUT2D eigenvalue weighted by Gasteiger charge is -2.21. The first-order chi connectivity index (χ1) is 11.1. The average Bonchev–Trinajstić information content (AvgIpc) is 2.59. The highest BCUT2D eigenvalue weighted by molar-refractivity contribution is 6.34. The summed E-state index contributed by atoms with van der Waals surface area (Å²) in [5.74, 6) is -1.23. The summed E-state index contributed by atoms with van der Waals surface area (Å²) in [5, 5.41) is 2.63. The Balaban J connectivity index is 2.56. The maximum atomic E-state index is 12.2. The molecule has 7 nitrogen and oxygen atoms in total. The Labute approximate surface area is 136 Å². The number of amides is 2. The fourth-order valence-corrected chi connectivity index (χ4v) is 1.99. The Morgan fingerprint density at radius 2 is 1.74 bits per heavy atom. The summed E-state index contributed by atoms with van der Waals surface area (Å²) >= 11 is 0. The number of methoxy groups -OCH3 is 2. The number of carbonyl (C=O) groups excluding carboxylic acids is 2. The average molecular weight is 323 g/mol. The predicted molar refractivity (Wildman–Crippen MR) is 86.5 cm³/mol. The number of hydrogen-bond acceptors (Lipinski definition) is 5. The zero-order valence-electron chi connectivity index (χ0n) is 13.7. The number of hydrogen-bond donors (Lipinski definition) is 2. The normalized spacial score (nSPS) is 10.4. The number of nitrogens with zero attached hydrogens (tertiary/aromatic N) is 1. The minimum absolute atomic E-state index is 0.279. The molecule has 0 atom stereocenters. The molecule has 0 fully saturated rings. The molecule has 0 aliphatic carbocycles. The summed E-state index contributed by atoms with van der Waals surface area (Å²) in [6.07, 6.45) is 0. The monoisotopic (exact) mass is 323 g/mol. The summed E-state index contributed by atoms with van der Waals surface area (Å²) < 4.78 is 9.92. The van der Waals surface area contributed by atoms with Crippen LogP contribution in [-0.2, 0) is 32.2 Å². The number of benzene rings is 1. The predicted octanol–water partition coefficient (Wildman–Crippen LogP) is -0.117. The molecular weight excluding hydrogens is 298 g/mol. The third-order valence-corrected chi connectivity index (χ3v) is 3.29. The lowest BCUT2D eigenvalue weighted by atomic mass is 10.1. The first-order valence-corrected chi connectivity index (χ1v) is 7.45. The van der Waals surface area contributed by atoms with Crippen LogP contribution in [0.5, 0.6) is 0 Å². The Kier molecular flexibility index (Phi) is 8.89. The van der Waals surface area contributed by atoms with E-state index < -0.39 is 11.8 Å². The van der Waals surface area contributed by atoms with Crippen LogP contribution in [0.1, 0.15) is 11.1 Å². The molecule has 3 N–H and O–H groups in total. The van der Waals surface area contributed by atoms with Crippen molar-refractivity contribution in [3.05, 3.63) is 35.4 Å². The summed E-state index contributed by atoms with van der Waals surface area (Å²) in [6, 6.07) is 7.55. The van der Waals surface area contributed by atoms with Crippen molar-refractivity contribution < 1.29 is 19.1 Å². The molecule has 1 rings (SSSR count). The lowest BCUT2D eigenvalue weighted by Crippen LogP contribution is -2.45. The van der Waals surface area contributed by atoms with Crippen LogP contribution in [0.15, 0.2) is 24.3 Å². The van der Waals surface area contributed by atoms with Crippen molar-refractivity contribution in [3.63, 3.8) is 0 Å². The Morgan fingerprint density at radius 1 is 1.13 bits per heavy atom. The Bertz CT molecular complexity index is 500. The molecule has 0 unspecified atom stereocenters. The van der Waals surface area contributed by atoms with E-state index in [2.05, 4.69) is 5.32 Å². The highest BCUT2D eigenvalue weighted by Gasteiger charge is 2.21. The van der Waals surface area contributed by atoms with Crippen molar-refractivity contribution in [3.8, 4) is 0 Å². The van der Waals surface area contributed by atoms with Gasteiger partial charge in [0.2, 0.25) is 0 Å². The number of carbonyl (C=O) groups is 2. The maximum absolute atomic E-state index is 12.2. The zero-order chi connectivity index (χ0) is 17.1. The Morgan fingerprint density at radius 3 is 2.30 bits per heavy atom. The van der Waals surface area contributed by atoms with Crippen LogP contribution in [0.3, 0.4) is 0 Å². The van der Waals surface area contributed by atoms with Crippen LogP contribution in [-0.4, -0.2) is 57.2 Å². The van der Waals surface area contributed by atoms with E-state index >= 15 is 0 Å². The van der Waals surface area contributed by atoms with Gasteiger partial charge in [0, 0.05) is 40.4 Å². The van der Waals surface area contributed by atoms with Gasteiger partial charge < -0.3 is 25.4 Å². The third kappa shape index (κ3) is 6.77. The van der Waals surface area contributed by atoms with E-state index in [1.807, 2.05) is 24.3 Å². The van der Waals surface area contributed by atoms with Crippen molar-refractivity contribution >= 4 is 11.8 Å². The second kappa shape index (κ2) is 10.7. The van der Waals surface area contributed by atoms with Gasteiger partial charge in [0.15, 0.2) is 0 Å². The molecule has 23 heavy (non-hydrogen) atoms. The summed E-state index contributed by atoms with van der Waals surface area (Å²) in [6.45, 7) is 2.12. The van der Waals surface area contributed by atoms with Gasteiger partial charge in [-0.15, -0.1) is 0 Å². The molecule has 1 aromatic carbocycles. The molecular formula is C16H25N3O4. The first kappa shape index (κ1) is 19.1. The molecule has 1 aromatic rings. The van der Waals surface area contributed by atoms with Gasteiger partial charge in [-0.1, -0.05) is 24.3 Å². The molecule has 2 amide bonds. The van der Waals surface area contributed by atoms with E-state index in [9.17, 15) is 9.59 Å². The fraction of sp³-hybridized carbons (Fsp3) is 0.500. The van der Waals surface area contributed by atoms with Crippen LogP contribution >= 0.6 is 0 Å². The van der Waals surface area contributed by atoms with Gasteiger partial charge in [0.25, 0.3) is 0 Å². The molecule has 0 bridgehead atoms. The second-order valence-electron chi connectivity index (χ2n) is 4.98. The number of nitrogens with one attached hydrogen (secondary N) is 1. The summed E-state index contributed by atoms with van der Waals surface area (Å²) in [7, 11) is 3.09. The van der Waals surface area contributed by atoms with E-state index in [0.29, 0.717) is 32.8 Å². The van der Waals surface area contributed by atoms with Gasteiger partial charge in [-0.2, -0.15) is 0 Å². The first-order valence-electron chi connectivity index (χ1n) is 7.45. The standard InChI is InChI=1S/C16H25N3O4/c1-22-8-6-19(7-9-23-2)16(21)15(20)18-12-14-5-3-4-13(10-14)11-17/h3-5,10H,6-9,11-12,17H2,1-2H3,(H,18,20). The molecule has 0 saturated carbocycles. The van der Waals surface area contributed by atoms with Crippen LogP contribution < -0.4 is 11.1 Å². The zero-order valence-corrected chi connectivity index (χ0v) is 13.7. The molecule has 0 aliphatic rings. The quantitative estimate of drug-likeness (QED) is 0.618. The molecule has 0 heterocycles. The highest BCUT2D eigenvalue weighted by atomic mass is 16.5. The van der Waals surface area contributed by atoms with Crippen molar-refractivity contribution in [2.45, 2.75) is 13.1 Å². The number of nitrogens with two attached hydrogens (primary N) is 1. The highest BCUT2D eigenvalue weighted by Crippen LogP contribution is 2.04. The van der Waals surface area contributed by atoms with E-state index in [1.54, 1.807) is 14.2 Å². The number of ether oxygens (including phenoxy) is 2. The minimum atomic E-state index is -0.643. The van der Waals surface area contributed by atoms with E-state index in [1.165, 1.54) is 4.90 Å². The third-order valence-electron chi connectivity index (χ3n) is 3.29. The molecule has 0 spiro atoms. The molecule has 0 aliphatic heterocycles. The fourth-order valence-electron chi connectivity index (χ4n) is 1.99.